The molecule has 0 N–H and O–H groups in total. The number of alkyl halides is 3. The Morgan fingerprint density at radius 2 is 1.80 bits per heavy atom. The van der Waals surface area contributed by atoms with Crippen molar-refractivity contribution in [2.45, 2.75) is 6.18 Å². The van der Waals surface area contributed by atoms with Crippen LogP contribution in [-0.2, 0) is 15.7 Å². The standard InChI is InChI=1S/C30H25F4N3O4/c1-39-28-15-19(2-7-27(28)41-22-5-3-20(18-35)25(17-22)30(32,33)34)14-24-23-16-21(31)4-6-26(23)37(29(24)38)9-8-36-10-12-40-13-11-36/h2-7,14-17H,8-13H2,1H3. The molecule has 5 rings (SSSR count). The van der Waals surface area contributed by atoms with Gasteiger partial charge in [0.05, 0.1) is 43.2 Å². The summed E-state index contributed by atoms with van der Waals surface area (Å²) in [6, 6.07) is 13.5. The van der Waals surface area contributed by atoms with Crippen LogP contribution >= 0.6 is 0 Å². The van der Waals surface area contributed by atoms with E-state index in [9.17, 15) is 22.4 Å². The maximum Gasteiger partial charge on any atom is 0.417 e. The number of fused-ring (bicyclic) bond motifs is 1. The van der Waals surface area contributed by atoms with E-state index < -0.39 is 23.1 Å². The second-order valence-electron chi connectivity index (χ2n) is 9.46. The van der Waals surface area contributed by atoms with Crippen molar-refractivity contribution in [1.82, 2.24) is 4.90 Å². The average molecular weight is 568 g/mol. The van der Waals surface area contributed by atoms with Gasteiger partial charge in [0.1, 0.15) is 11.6 Å². The van der Waals surface area contributed by atoms with Crippen LogP contribution < -0.4 is 14.4 Å². The molecule has 1 saturated heterocycles. The fourth-order valence-electron chi connectivity index (χ4n) is 4.83. The summed E-state index contributed by atoms with van der Waals surface area (Å²) in [7, 11) is 1.37. The van der Waals surface area contributed by atoms with Gasteiger partial charge in [-0.1, -0.05) is 6.07 Å². The Bertz CT molecular complexity index is 1540. The van der Waals surface area contributed by atoms with Crippen LogP contribution in [0.15, 0.2) is 54.6 Å². The zero-order valence-corrected chi connectivity index (χ0v) is 22.0. The number of hydrogen-bond acceptors (Lipinski definition) is 6. The maximum atomic E-state index is 14.2. The van der Waals surface area contributed by atoms with Gasteiger partial charge in [0.15, 0.2) is 11.5 Å². The van der Waals surface area contributed by atoms with Crippen molar-refractivity contribution >= 4 is 23.2 Å². The number of carbonyl (C=O) groups excluding carboxylic acids is 1. The van der Waals surface area contributed by atoms with Crippen molar-refractivity contribution in [3.05, 3.63) is 82.7 Å². The van der Waals surface area contributed by atoms with E-state index in [0.717, 1.165) is 25.2 Å². The lowest BCUT2D eigenvalue weighted by Crippen LogP contribution is -2.42. The number of nitriles is 1. The van der Waals surface area contributed by atoms with Crippen molar-refractivity contribution in [1.29, 1.82) is 5.26 Å². The summed E-state index contributed by atoms with van der Waals surface area (Å²) in [5, 5.41) is 9.02. The quantitative estimate of drug-likeness (QED) is 0.268. The fourth-order valence-corrected chi connectivity index (χ4v) is 4.83. The lowest BCUT2D eigenvalue weighted by Gasteiger charge is -2.28. The van der Waals surface area contributed by atoms with E-state index in [1.807, 2.05) is 0 Å². The van der Waals surface area contributed by atoms with Gasteiger partial charge < -0.3 is 19.1 Å². The van der Waals surface area contributed by atoms with Crippen molar-refractivity contribution < 1.29 is 36.6 Å². The molecule has 0 radical (unpaired) electrons. The van der Waals surface area contributed by atoms with E-state index >= 15 is 0 Å². The summed E-state index contributed by atoms with van der Waals surface area (Å²) >= 11 is 0. The number of morpholine rings is 1. The minimum atomic E-state index is -4.73. The third-order valence-electron chi connectivity index (χ3n) is 6.90. The molecule has 2 aliphatic heterocycles. The molecule has 0 aliphatic carbocycles. The summed E-state index contributed by atoms with van der Waals surface area (Å²) in [6.45, 7) is 3.89. The lowest BCUT2D eigenvalue weighted by atomic mass is 10.0. The Balaban J connectivity index is 1.42. The zero-order valence-electron chi connectivity index (χ0n) is 22.0. The molecule has 2 heterocycles. The maximum absolute atomic E-state index is 14.2. The SMILES string of the molecule is COc1cc(C=C2C(=O)N(CCN3CCOCC3)c3ccc(F)cc32)ccc1Oc1ccc(C#N)c(C(F)(F)F)c1. The highest BCUT2D eigenvalue weighted by Crippen LogP contribution is 2.40. The molecule has 0 spiro atoms. The number of ether oxygens (including phenoxy) is 3. The number of methoxy groups -OCH3 is 1. The van der Waals surface area contributed by atoms with Crippen LogP contribution in [0.4, 0.5) is 23.2 Å². The van der Waals surface area contributed by atoms with Gasteiger partial charge in [-0.25, -0.2) is 4.39 Å². The average Bonchev–Trinajstić information content (AvgIpc) is 3.21. The largest absolute Gasteiger partial charge is 0.493 e. The molecule has 212 valence electrons. The normalized spacial score (nSPS) is 16.5. The minimum Gasteiger partial charge on any atom is -0.493 e. The molecule has 11 heteroatoms. The van der Waals surface area contributed by atoms with Gasteiger partial charge in [-0.15, -0.1) is 0 Å². The number of amides is 1. The molecular formula is C30H25F4N3O4. The molecule has 3 aromatic carbocycles. The third kappa shape index (κ3) is 6.04. The molecule has 1 fully saturated rings. The van der Waals surface area contributed by atoms with E-state index in [0.29, 0.717) is 48.7 Å². The van der Waals surface area contributed by atoms with Crippen LogP contribution in [0.2, 0.25) is 0 Å². The first-order chi connectivity index (χ1) is 19.7. The number of nitrogens with zero attached hydrogens (tertiary/aromatic N) is 3. The zero-order chi connectivity index (χ0) is 29.1. The number of carbonyl (C=O) groups is 1. The Morgan fingerprint density at radius 1 is 1.02 bits per heavy atom. The van der Waals surface area contributed by atoms with Gasteiger partial charge in [-0.05, 0) is 60.2 Å². The first-order valence-corrected chi connectivity index (χ1v) is 12.8. The number of halogens is 4. The topological polar surface area (TPSA) is 75.0 Å². The van der Waals surface area contributed by atoms with Crippen molar-refractivity contribution in [3.63, 3.8) is 0 Å². The smallest absolute Gasteiger partial charge is 0.417 e. The van der Waals surface area contributed by atoms with Crippen LogP contribution in [0, 0.1) is 17.1 Å². The highest BCUT2D eigenvalue weighted by atomic mass is 19.4. The van der Waals surface area contributed by atoms with E-state index in [4.69, 9.17) is 19.5 Å². The van der Waals surface area contributed by atoms with Crippen molar-refractivity contribution in [2.24, 2.45) is 0 Å². The molecule has 2 aliphatic rings. The Hall–Kier alpha value is -4.40. The van der Waals surface area contributed by atoms with Crippen LogP contribution in [0.3, 0.4) is 0 Å². The lowest BCUT2D eigenvalue weighted by molar-refractivity contribution is -0.137. The van der Waals surface area contributed by atoms with Gasteiger partial charge >= 0.3 is 6.18 Å². The third-order valence-corrected chi connectivity index (χ3v) is 6.90. The number of anilines is 1. The first-order valence-electron chi connectivity index (χ1n) is 12.8. The highest BCUT2D eigenvalue weighted by Gasteiger charge is 2.35. The second-order valence-corrected chi connectivity index (χ2v) is 9.46. The molecule has 7 nitrogen and oxygen atoms in total. The van der Waals surface area contributed by atoms with Crippen LogP contribution in [0.25, 0.3) is 11.6 Å². The highest BCUT2D eigenvalue weighted by molar-refractivity contribution is 6.35. The Kier molecular flexibility index (Phi) is 7.97. The number of benzene rings is 3. The van der Waals surface area contributed by atoms with Crippen molar-refractivity contribution in [2.75, 3.05) is 51.4 Å². The minimum absolute atomic E-state index is 0.129. The van der Waals surface area contributed by atoms with Gasteiger partial charge in [0.25, 0.3) is 5.91 Å². The summed E-state index contributed by atoms with van der Waals surface area (Å²) in [6.07, 6.45) is -3.12. The predicted octanol–water partition coefficient (Wildman–Crippen LogP) is 5.74. The molecule has 41 heavy (non-hydrogen) atoms. The van der Waals surface area contributed by atoms with Crippen LogP contribution in [0.1, 0.15) is 22.3 Å². The van der Waals surface area contributed by atoms with E-state index in [1.54, 1.807) is 29.2 Å². The van der Waals surface area contributed by atoms with E-state index in [-0.39, 0.29) is 23.2 Å². The molecule has 1 amide bonds. The summed E-state index contributed by atoms with van der Waals surface area (Å²) in [5.41, 5.74) is 0.299. The summed E-state index contributed by atoms with van der Waals surface area (Å²) in [4.78, 5) is 17.3. The molecule has 0 bridgehead atoms. The molecular weight excluding hydrogens is 542 g/mol. The Morgan fingerprint density at radius 3 is 2.51 bits per heavy atom. The predicted molar refractivity (Wildman–Crippen MR) is 143 cm³/mol. The molecule has 0 unspecified atom stereocenters. The fraction of sp³-hybridized carbons (Fsp3) is 0.267. The van der Waals surface area contributed by atoms with E-state index in [1.165, 1.54) is 37.4 Å². The van der Waals surface area contributed by atoms with Crippen molar-refractivity contribution in [3.8, 4) is 23.3 Å². The number of rotatable bonds is 7. The second kappa shape index (κ2) is 11.6. The van der Waals surface area contributed by atoms with Crippen LogP contribution in [-0.4, -0.2) is 57.3 Å². The van der Waals surface area contributed by atoms with Gasteiger partial charge in [-0.2, -0.15) is 18.4 Å². The molecule has 3 aromatic rings. The Labute approximate surface area is 233 Å². The molecule has 0 atom stereocenters. The monoisotopic (exact) mass is 567 g/mol. The molecule has 0 aromatic heterocycles. The first kappa shape index (κ1) is 28.1. The summed E-state index contributed by atoms with van der Waals surface area (Å²) in [5.74, 6) is -0.544. The molecule has 0 saturated carbocycles. The van der Waals surface area contributed by atoms with Gasteiger partial charge in [-0.3, -0.25) is 9.69 Å². The number of hydrogen-bond donors (Lipinski definition) is 0. The van der Waals surface area contributed by atoms with E-state index in [2.05, 4.69) is 4.90 Å². The van der Waals surface area contributed by atoms with Gasteiger partial charge in [0.2, 0.25) is 0 Å². The van der Waals surface area contributed by atoms with Gasteiger partial charge in [0, 0.05) is 37.3 Å². The van der Waals surface area contributed by atoms with Crippen LogP contribution in [0.5, 0.6) is 17.2 Å². The summed E-state index contributed by atoms with van der Waals surface area (Å²) < 4.78 is 70.8.